The van der Waals surface area contributed by atoms with Gasteiger partial charge >= 0.3 is 5.97 Å². The van der Waals surface area contributed by atoms with Gasteiger partial charge < -0.3 is 4.74 Å². The molecule has 3 rings (SSSR count). The largest absolute Gasteiger partial charge is 0.457 e. The van der Waals surface area contributed by atoms with Crippen LogP contribution < -0.4 is 0 Å². The second-order valence-corrected chi connectivity index (χ2v) is 7.05. The van der Waals surface area contributed by atoms with E-state index in [9.17, 15) is 4.79 Å². The highest BCUT2D eigenvalue weighted by Crippen LogP contribution is 2.66. The molecule has 2 aliphatic rings. The van der Waals surface area contributed by atoms with E-state index in [2.05, 4.69) is 25.8 Å². The van der Waals surface area contributed by atoms with E-state index in [-0.39, 0.29) is 28.6 Å². The van der Waals surface area contributed by atoms with Crippen LogP contribution in [0.3, 0.4) is 0 Å². The van der Waals surface area contributed by atoms with Crippen molar-refractivity contribution in [1.29, 1.82) is 5.26 Å². The number of rotatable bonds is 2. The highest BCUT2D eigenvalue weighted by atomic mass is 16.5. The number of carbonyl (C=O) groups excluding carboxylic acids is 1. The number of aromatic nitrogens is 1. The Labute approximate surface area is 125 Å². The smallest absolute Gasteiger partial charge is 0.357 e. The van der Waals surface area contributed by atoms with Crippen molar-refractivity contribution in [3.63, 3.8) is 0 Å². The van der Waals surface area contributed by atoms with Crippen molar-refractivity contribution in [2.24, 2.45) is 16.7 Å². The summed E-state index contributed by atoms with van der Waals surface area (Å²) in [6, 6.07) is 5.14. The van der Waals surface area contributed by atoms with Gasteiger partial charge in [0, 0.05) is 11.6 Å². The van der Waals surface area contributed by atoms with Gasteiger partial charge in [-0.05, 0) is 42.7 Å². The normalized spacial score (nSPS) is 32.7. The van der Waals surface area contributed by atoms with E-state index in [0.717, 1.165) is 12.8 Å². The second-order valence-electron chi connectivity index (χ2n) is 7.05. The first-order valence-corrected chi connectivity index (χ1v) is 7.45. The van der Waals surface area contributed by atoms with Gasteiger partial charge in [0.05, 0.1) is 5.56 Å². The van der Waals surface area contributed by atoms with Crippen LogP contribution in [0.15, 0.2) is 18.3 Å². The zero-order valence-corrected chi connectivity index (χ0v) is 12.7. The predicted molar refractivity (Wildman–Crippen MR) is 77.4 cm³/mol. The molecule has 2 aliphatic carbocycles. The number of carbonyl (C=O) groups is 1. The molecule has 1 heterocycles. The van der Waals surface area contributed by atoms with Crippen LogP contribution in [0.5, 0.6) is 0 Å². The van der Waals surface area contributed by atoms with Gasteiger partial charge in [0.1, 0.15) is 17.9 Å². The molecule has 2 saturated carbocycles. The lowest BCUT2D eigenvalue weighted by molar-refractivity contribution is -0.0247. The minimum absolute atomic E-state index is 0.0313. The van der Waals surface area contributed by atoms with Gasteiger partial charge in [0.25, 0.3) is 0 Å². The molecule has 1 aromatic heterocycles. The van der Waals surface area contributed by atoms with Gasteiger partial charge in [-0.15, -0.1) is 0 Å². The molecule has 0 saturated heterocycles. The molecule has 2 bridgehead atoms. The molecule has 4 nitrogen and oxygen atoms in total. The summed E-state index contributed by atoms with van der Waals surface area (Å²) in [6.07, 6.45) is 4.67. The maximum atomic E-state index is 12.3. The van der Waals surface area contributed by atoms with Crippen molar-refractivity contribution >= 4 is 5.97 Å². The Morgan fingerprint density at radius 3 is 2.67 bits per heavy atom. The lowest BCUT2D eigenvalue weighted by Gasteiger charge is -2.38. The molecule has 0 aliphatic heterocycles. The first-order chi connectivity index (χ1) is 9.88. The molecule has 0 aromatic carbocycles. The zero-order valence-electron chi connectivity index (χ0n) is 12.7. The van der Waals surface area contributed by atoms with E-state index in [4.69, 9.17) is 10.00 Å². The van der Waals surface area contributed by atoms with Crippen LogP contribution in [0.1, 0.15) is 56.1 Å². The highest BCUT2D eigenvalue weighted by molar-refractivity contribution is 5.87. The summed E-state index contributed by atoms with van der Waals surface area (Å²) in [5, 5.41) is 8.75. The Morgan fingerprint density at radius 1 is 1.43 bits per heavy atom. The Kier molecular flexibility index (Phi) is 3.05. The highest BCUT2D eigenvalue weighted by Gasteiger charge is 2.62. The molecule has 0 spiro atoms. The first kappa shape index (κ1) is 14.1. The standard InChI is InChI=1S/C17H20N2O2/c1-16(2)12-6-7-17(16,3)14(8-12)21-15(20)13-5-4-11(9-18)10-19-13/h4-5,10,12,14H,6-8H2,1-3H3. The summed E-state index contributed by atoms with van der Waals surface area (Å²) in [6.45, 7) is 6.82. The minimum Gasteiger partial charge on any atom is -0.457 e. The van der Waals surface area contributed by atoms with E-state index >= 15 is 0 Å². The van der Waals surface area contributed by atoms with Crippen LogP contribution in [0.4, 0.5) is 0 Å². The van der Waals surface area contributed by atoms with Crippen molar-refractivity contribution in [3.8, 4) is 6.07 Å². The Bertz CT molecular complexity index is 615. The van der Waals surface area contributed by atoms with E-state index < -0.39 is 0 Å². The lowest BCUT2D eigenvalue weighted by Crippen LogP contribution is -2.38. The number of fused-ring (bicyclic) bond motifs is 2. The molecule has 21 heavy (non-hydrogen) atoms. The molecule has 2 fully saturated rings. The van der Waals surface area contributed by atoms with Crippen molar-refractivity contribution in [3.05, 3.63) is 29.6 Å². The van der Waals surface area contributed by atoms with Gasteiger partial charge in [0.15, 0.2) is 0 Å². The number of ether oxygens (including phenoxy) is 1. The van der Waals surface area contributed by atoms with Crippen LogP contribution in [-0.2, 0) is 4.74 Å². The second kappa shape index (κ2) is 4.56. The average Bonchev–Trinajstić information content (AvgIpc) is 2.80. The molecule has 3 atom stereocenters. The summed E-state index contributed by atoms with van der Waals surface area (Å²) in [4.78, 5) is 16.3. The van der Waals surface area contributed by atoms with Gasteiger partial charge in [-0.25, -0.2) is 9.78 Å². The number of esters is 1. The number of nitrogens with zero attached hydrogens (tertiary/aromatic N) is 2. The topological polar surface area (TPSA) is 63.0 Å². The van der Waals surface area contributed by atoms with Crippen LogP contribution >= 0.6 is 0 Å². The van der Waals surface area contributed by atoms with E-state index in [1.54, 1.807) is 12.1 Å². The Hall–Kier alpha value is -1.89. The molecule has 0 N–H and O–H groups in total. The minimum atomic E-state index is -0.380. The molecular weight excluding hydrogens is 264 g/mol. The van der Waals surface area contributed by atoms with E-state index in [0.29, 0.717) is 11.5 Å². The van der Waals surface area contributed by atoms with Crippen LogP contribution in [-0.4, -0.2) is 17.1 Å². The number of pyridine rings is 1. The fourth-order valence-corrected chi connectivity index (χ4v) is 4.08. The third-order valence-electron chi connectivity index (χ3n) is 6.06. The SMILES string of the molecule is CC1(C)C2CCC1(C)C(OC(=O)c1ccc(C#N)cn1)C2. The average molecular weight is 284 g/mol. The molecule has 110 valence electrons. The number of hydrogen-bond donors (Lipinski definition) is 0. The molecule has 0 radical (unpaired) electrons. The fraction of sp³-hybridized carbons (Fsp3) is 0.588. The lowest BCUT2D eigenvalue weighted by atomic mass is 9.70. The summed E-state index contributed by atoms with van der Waals surface area (Å²) >= 11 is 0. The quantitative estimate of drug-likeness (QED) is 0.781. The number of nitriles is 1. The van der Waals surface area contributed by atoms with Crippen molar-refractivity contribution in [2.75, 3.05) is 0 Å². The van der Waals surface area contributed by atoms with Crippen LogP contribution in [0.2, 0.25) is 0 Å². The van der Waals surface area contributed by atoms with E-state index in [1.807, 2.05) is 6.07 Å². The van der Waals surface area contributed by atoms with Gasteiger partial charge in [-0.1, -0.05) is 20.8 Å². The maximum absolute atomic E-state index is 12.3. The molecule has 0 amide bonds. The predicted octanol–water partition coefficient (Wildman–Crippen LogP) is 3.32. The summed E-state index contributed by atoms with van der Waals surface area (Å²) < 4.78 is 5.76. The monoisotopic (exact) mass is 284 g/mol. The molecule has 3 unspecified atom stereocenters. The van der Waals surface area contributed by atoms with Crippen molar-refractivity contribution < 1.29 is 9.53 Å². The maximum Gasteiger partial charge on any atom is 0.357 e. The zero-order chi connectivity index (χ0) is 15.3. The van der Waals surface area contributed by atoms with Gasteiger partial charge in [-0.3, -0.25) is 0 Å². The molecular formula is C17H20N2O2. The first-order valence-electron chi connectivity index (χ1n) is 7.45. The molecule has 4 heteroatoms. The van der Waals surface area contributed by atoms with Crippen LogP contribution in [0.25, 0.3) is 0 Å². The Balaban J connectivity index is 1.76. The third-order valence-corrected chi connectivity index (χ3v) is 6.06. The van der Waals surface area contributed by atoms with Gasteiger partial charge in [-0.2, -0.15) is 5.26 Å². The van der Waals surface area contributed by atoms with E-state index in [1.165, 1.54) is 12.6 Å². The third kappa shape index (κ3) is 1.95. The number of hydrogen-bond acceptors (Lipinski definition) is 4. The summed E-state index contributed by atoms with van der Waals surface area (Å²) in [7, 11) is 0. The van der Waals surface area contributed by atoms with Crippen molar-refractivity contribution in [1.82, 2.24) is 4.98 Å². The summed E-state index contributed by atoms with van der Waals surface area (Å²) in [5.74, 6) is 0.253. The van der Waals surface area contributed by atoms with Crippen molar-refractivity contribution in [2.45, 2.75) is 46.1 Å². The van der Waals surface area contributed by atoms with Crippen LogP contribution in [0, 0.1) is 28.1 Å². The summed E-state index contributed by atoms with van der Waals surface area (Å²) in [5.41, 5.74) is 0.994. The fourth-order valence-electron chi connectivity index (χ4n) is 4.08. The van der Waals surface area contributed by atoms with Gasteiger partial charge in [0.2, 0.25) is 0 Å². The molecule has 1 aromatic rings. The Morgan fingerprint density at radius 2 is 2.19 bits per heavy atom.